The van der Waals surface area contributed by atoms with Crippen LogP contribution < -0.4 is 4.74 Å². The number of hydrogen-bond donors (Lipinski definition) is 1. The van der Waals surface area contributed by atoms with Gasteiger partial charge in [-0.15, -0.1) is 13.2 Å². The lowest BCUT2D eigenvalue weighted by Crippen LogP contribution is -2.19. The second kappa shape index (κ2) is 4.39. The van der Waals surface area contributed by atoms with E-state index in [1.54, 1.807) is 0 Å². The number of hydrogen-bond acceptors (Lipinski definition) is 5. The summed E-state index contributed by atoms with van der Waals surface area (Å²) in [6.07, 6.45) is -4.79. The van der Waals surface area contributed by atoms with Crippen molar-refractivity contribution < 1.29 is 32.3 Å². The van der Waals surface area contributed by atoms with Crippen molar-refractivity contribution in [2.45, 2.75) is 13.0 Å². The third-order valence-corrected chi connectivity index (χ3v) is 1.59. The summed E-state index contributed by atoms with van der Waals surface area (Å²) in [6, 6.07) is 0. The minimum absolute atomic E-state index is 0.469. The van der Waals surface area contributed by atoms with E-state index in [2.05, 4.69) is 9.72 Å². The summed E-state index contributed by atoms with van der Waals surface area (Å²) in [7, 11) is 0. The SMILES string of the molecule is O=[N+]([O-])c1c(O)cnc(CF)c1OC(F)(F)F. The summed E-state index contributed by atoms with van der Waals surface area (Å²) in [5.74, 6) is -2.60. The first-order valence-corrected chi connectivity index (χ1v) is 3.93. The fourth-order valence-electron chi connectivity index (χ4n) is 1.01. The molecular formula is C7H4F4N2O4. The summed E-state index contributed by atoms with van der Waals surface area (Å²) in [5, 5.41) is 19.4. The Bertz CT molecular complexity index is 448. The van der Waals surface area contributed by atoms with Gasteiger partial charge in [0.05, 0.1) is 11.1 Å². The number of pyridine rings is 1. The topological polar surface area (TPSA) is 85.5 Å². The molecule has 0 aliphatic heterocycles. The van der Waals surface area contributed by atoms with Gasteiger partial charge in [-0.05, 0) is 0 Å². The molecule has 1 heterocycles. The van der Waals surface area contributed by atoms with E-state index in [-0.39, 0.29) is 0 Å². The Balaban J connectivity index is 3.40. The number of ether oxygens (including phenoxy) is 1. The Morgan fingerprint density at radius 2 is 2.12 bits per heavy atom. The van der Waals surface area contributed by atoms with E-state index in [1.807, 2.05) is 0 Å². The molecule has 10 heteroatoms. The summed E-state index contributed by atoms with van der Waals surface area (Å²) >= 11 is 0. The van der Waals surface area contributed by atoms with Gasteiger partial charge in [0.1, 0.15) is 12.4 Å². The van der Waals surface area contributed by atoms with Crippen molar-refractivity contribution in [2.24, 2.45) is 0 Å². The fraction of sp³-hybridized carbons (Fsp3) is 0.286. The normalized spacial score (nSPS) is 11.3. The van der Waals surface area contributed by atoms with E-state index in [9.17, 15) is 27.7 Å². The molecule has 0 spiro atoms. The molecule has 0 amide bonds. The number of nitrogens with zero attached hydrogens (tertiary/aromatic N) is 2. The van der Waals surface area contributed by atoms with E-state index in [0.717, 1.165) is 0 Å². The van der Waals surface area contributed by atoms with Gasteiger partial charge in [0, 0.05) is 0 Å². The third kappa shape index (κ3) is 2.92. The number of alkyl halides is 4. The van der Waals surface area contributed by atoms with Gasteiger partial charge in [-0.25, -0.2) is 4.39 Å². The fourth-order valence-corrected chi connectivity index (χ4v) is 1.01. The molecule has 1 N–H and O–H groups in total. The van der Waals surface area contributed by atoms with Crippen LogP contribution >= 0.6 is 0 Å². The second-order valence-corrected chi connectivity index (χ2v) is 2.71. The number of aromatic hydroxyl groups is 1. The molecule has 0 saturated carbocycles. The van der Waals surface area contributed by atoms with Crippen LogP contribution in [0.15, 0.2) is 6.20 Å². The Hall–Kier alpha value is -2.13. The molecule has 0 atom stereocenters. The zero-order chi connectivity index (χ0) is 13.2. The molecule has 94 valence electrons. The maximum Gasteiger partial charge on any atom is 0.573 e. The zero-order valence-electron chi connectivity index (χ0n) is 7.86. The molecule has 1 aromatic heterocycles. The number of rotatable bonds is 3. The van der Waals surface area contributed by atoms with Crippen molar-refractivity contribution in [3.63, 3.8) is 0 Å². The van der Waals surface area contributed by atoms with Gasteiger partial charge < -0.3 is 9.84 Å². The highest BCUT2D eigenvalue weighted by Gasteiger charge is 2.38. The molecule has 0 aromatic carbocycles. The van der Waals surface area contributed by atoms with Crippen LogP contribution in [0.25, 0.3) is 0 Å². The van der Waals surface area contributed by atoms with Gasteiger partial charge in [0.2, 0.25) is 11.5 Å². The van der Waals surface area contributed by atoms with Gasteiger partial charge in [0.15, 0.2) is 0 Å². The lowest BCUT2D eigenvalue weighted by Gasteiger charge is -2.11. The lowest BCUT2D eigenvalue weighted by atomic mass is 10.3. The van der Waals surface area contributed by atoms with Crippen LogP contribution in [0.5, 0.6) is 11.5 Å². The van der Waals surface area contributed by atoms with Crippen molar-refractivity contribution >= 4 is 5.69 Å². The predicted octanol–water partition coefficient (Wildman–Crippen LogP) is 2.06. The van der Waals surface area contributed by atoms with Crippen LogP contribution in [0, 0.1) is 10.1 Å². The molecule has 1 aromatic rings. The van der Waals surface area contributed by atoms with Gasteiger partial charge in [-0.1, -0.05) is 0 Å². The van der Waals surface area contributed by atoms with Gasteiger partial charge >= 0.3 is 12.0 Å². The highest BCUT2D eigenvalue weighted by molar-refractivity contribution is 5.57. The quantitative estimate of drug-likeness (QED) is 0.508. The first kappa shape index (κ1) is 12.9. The molecule has 0 fully saturated rings. The smallest absolute Gasteiger partial charge is 0.501 e. The molecule has 6 nitrogen and oxygen atoms in total. The Morgan fingerprint density at radius 1 is 1.53 bits per heavy atom. The lowest BCUT2D eigenvalue weighted by molar-refractivity contribution is -0.389. The van der Waals surface area contributed by atoms with E-state index in [0.29, 0.717) is 6.20 Å². The summed E-state index contributed by atoms with van der Waals surface area (Å²) in [4.78, 5) is 12.2. The summed E-state index contributed by atoms with van der Waals surface area (Å²) in [5.41, 5.74) is -2.31. The van der Waals surface area contributed by atoms with E-state index in [1.165, 1.54) is 0 Å². The van der Waals surface area contributed by atoms with Gasteiger partial charge in [-0.2, -0.15) is 0 Å². The summed E-state index contributed by atoms with van der Waals surface area (Å²) < 4.78 is 51.5. The molecule has 0 bridgehead atoms. The highest BCUT2D eigenvalue weighted by Crippen LogP contribution is 2.40. The first-order chi connectivity index (χ1) is 7.76. The minimum Gasteiger partial charge on any atom is -0.501 e. The van der Waals surface area contributed by atoms with Crippen molar-refractivity contribution in [3.8, 4) is 11.5 Å². The average molecular weight is 256 g/mol. The molecule has 0 aliphatic carbocycles. The van der Waals surface area contributed by atoms with Crippen LogP contribution in [0.3, 0.4) is 0 Å². The van der Waals surface area contributed by atoms with Crippen molar-refractivity contribution in [1.29, 1.82) is 0 Å². The molecule has 17 heavy (non-hydrogen) atoms. The van der Waals surface area contributed by atoms with Crippen molar-refractivity contribution in [1.82, 2.24) is 4.98 Å². The van der Waals surface area contributed by atoms with Crippen LogP contribution in [-0.4, -0.2) is 21.4 Å². The number of halogens is 4. The van der Waals surface area contributed by atoms with Crippen LogP contribution in [0.2, 0.25) is 0 Å². The largest absolute Gasteiger partial charge is 0.573 e. The molecule has 0 radical (unpaired) electrons. The van der Waals surface area contributed by atoms with Gasteiger partial charge in [-0.3, -0.25) is 15.1 Å². The number of aromatic nitrogens is 1. The Labute approximate surface area is 90.6 Å². The van der Waals surface area contributed by atoms with E-state index < -0.39 is 40.8 Å². The van der Waals surface area contributed by atoms with Crippen LogP contribution in [0.4, 0.5) is 23.2 Å². The van der Waals surface area contributed by atoms with E-state index >= 15 is 0 Å². The summed E-state index contributed by atoms with van der Waals surface area (Å²) in [6.45, 7) is -1.51. The highest BCUT2D eigenvalue weighted by atomic mass is 19.4. The Kier molecular flexibility index (Phi) is 3.34. The van der Waals surface area contributed by atoms with Gasteiger partial charge in [0.25, 0.3) is 0 Å². The zero-order valence-corrected chi connectivity index (χ0v) is 7.86. The first-order valence-electron chi connectivity index (χ1n) is 3.93. The predicted molar refractivity (Wildman–Crippen MR) is 44.1 cm³/mol. The molecule has 0 saturated heterocycles. The molecule has 0 aliphatic rings. The maximum absolute atomic E-state index is 12.3. The average Bonchev–Trinajstić information content (AvgIpc) is 2.15. The van der Waals surface area contributed by atoms with E-state index in [4.69, 9.17) is 5.11 Å². The Morgan fingerprint density at radius 3 is 2.53 bits per heavy atom. The van der Waals surface area contributed by atoms with Crippen LogP contribution in [-0.2, 0) is 6.67 Å². The molecule has 1 rings (SSSR count). The minimum atomic E-state index is -5.26. The van der Waals surface area contributed by atoms with Crippen molar-refractivity contribution in [3.05, 3.63) is 22.0 Å². The maximum atomic E-state index is 12.3. The molecule has 0 unspecified atom stereocenters. The standard InChI is InChI=1S/C7H4F4N2O4/c8-1-3-6(17-7(9,10)11)5(13(15)16)4(14)2-12-3/h2,14H,1H2. The monoisotopic (exact) mass is 256 g/mol. The number of nitro groups is 1. The second-order valence-electron chi connectivity index (χ2n) is 2.71. The van der Waals surface area contributed by atoms with Crippen LogP contribution in [0.1, 0.15) is 5.69 Å². The third-order valence-electron chi connectivity index (χ3n) is 1.59. The van der Waals surface area contributed by atoms with Crippen molar-refractivity contribution in [2.75, 3.05) is 0 Å². The molecular weight excluding hydrogens is 252 g/mol.